The van der Waals surface area contributed by atoms with E-state index in [1.165, 1.54) is 0 Å². The number of rotatable bonds is 8. The molecule has 0 bridgehead atoms. The van der Waals surface area contributed by atoms with Crippen LogP contribution in [-0.4, -0.2) is 76.8 Å². The Morgan fingerprint density at radius 1 is 1.40 bits per heavy atom. The number of aromatic amines is 1. The van der Waals surface area contributed by atoms with Gasteiger partial charge in [0, 0.05) is 43.0 Å². The van der Waals surface area contributed by atoms with Gasteiger partial charge in [0.05, 0.1) is 19.8 Å². The van der Waals surface area contributed by atoms with Crippen LogP contribution in [-0.2, 0) is 19.0 Å². The van der Waals surface area contributed by atoms with E-state index >= 15 is 0 Å². The Morgan fingerprint density at radius 2 is 2.23 bits per heavy atom. The fourth-order valence-corrected chi connectivity index (χ4v) is 3.25. The van der Waals surface area contributed by atoms with Gasteiger partial charge in [-0.25, -0.2) is 9.99 Å². The summed E-state index contributed by atoms with van der Waals surface area (Å²) in [5.74, 6) is -0.279. The molecule has 2 aromatic rings. The van der Waals surface area contributed by atoms with Gasteiger partial charge in [-0.2, -0.15) is 0 Å². The van der Waals surface area contributed by atoms with Gasteiger partial charge < -0.3 is 29.4 Å². The molecule has 0 aliphatic carbocycles. The van der Waals surface area contributed by atoms with Crippen LogP contribution in [0.1, 0.15) is 12.0 Å². The van der Waals surface area contributed by atoms with Crippen molar-refractivity contribution in [2.24, 2.45) is 0 Å². The number of aliphatic hydroxyl groups excluding tert-OH is 2. The molecule has 1 fully saturated rings. The average Bonchev–Trinajstić information content (AvgIpc) is 3.30. The smallest absolute Gasteiger partial charge is 0.234 e. The van der Waals surface area contributed by atoms with Crippen molar-refractivity contribution in [1.29, 1.82) is 0 Å². The van der Waals surface area contributed by atoms with Crippen LogP contribution in [0.4, 0.5) is 0 Å². The molecule has 2 aliphatic heterocycles. The van der Waals surface area contributed by atoms with Crippen molar-refractivity contribution in [3.63, 3.8) is 0 Å². The number of carbonyl (C=O) groups excluding carboxylic acids is 1. The fourth-order valence-electron chi connectivity index (χ4n) is 3.25. The van der Waals surface area contributed by atoms with Crippen molar-refractivity contribution in [2.45, 2.75) is 12.7 Å². The molecule has 4 N–H and O–H groups in total. The van der Waals surface area contributed by atoms with E-state index in [0.29, 0.717) is 38.4 Å². The highest BCUT2D eigenvalue weighted by atomic mass is 16.6. The number of aromatic nitrogens is 2. The molecule has 1 atom stereocenters. The van der Waals surface area contributed by atoms with Crippen LogP contribution in [0.15, 0.2) is 41.7 Å². The SMILES string of the molecule is O=C1C(C(O)OCCCO)=C(NN2CCOCC2)O/C1=C\c1c[nH]c2ncccc12. The molecule has 10 heteroatoms. The first kappa shape index (κ1) is 20.5. The monoisotopic (exact) mass is 416 g/mol. The Balaban J connectivity index is 1.60. The highest BCUT2D eigenvalue weighted by molar-refractivity contribution is 6.12. The maximum atomic E-state index is 13.0. The molecular weight excluding hydrogens is 392 g/mol. The van der Waals surface area contributed by atoms with Crippen LogP contribution in [0.3, 0.4) is 0 Å². The van der Waals surface area contributed by atoms with Gasteiger partial charge in [-0.05, 0) is 24.6 Å². The normalized spacial score (nSPS) is 20.2. The maximum absolute atomic E-state index is 13.0. The Labute approximate surface area is 172 Å². The predicted octanol–water partition coefficient (Wildman–Crippen LogP) is 0.269. The number of allylic oxidation sites excluding steroid dienone is 1. The number of hydrogen-bond donors (Lipinski definition) is 4. The number of Topliss-reactive ketones (excluding diaryl/α,β-unsaturated/α-hetero) is 1. The van der Waals surface area contributed by atoms with Crippen molar-refractivity contribution in [1.82, 2.24) is 20.4 Å². The number of nitrogens with zero attached hydrogens (tertiary/aromatic N) is 2. The van der Waals surface area contributed by atoms with Crippen molar-refractivity contribution in [3.05, 3.63) is 47.3 Å². The number of carbonyl (C=O) groups is 1. The Hall–Kier alpha value is -2.76. The number of hydrogen-bond acceptors (Lipinski definition) is 9. The van der Waals surface area contributed by atoms with Gasteiger partial charge in [0.1, 0.15) is 11.2 Å². The second-order valence-corrected chi connectivity index (χ2v) is 6.84. The van der Waals surface area contributed by atoms with Crippen LogP contribution in [0, 0.1) is 0 Å². The number of morpholine rings is 1. The minimum Gasteiger partial charge on any atom is -0.435 e. The molecule has 4 rings (SSSR count). The summed E-state index contributed by atoms with van der Waals surface area (Å²) in [6.07, 6.45) is 3.89. The fraction of sp³-hybridized carbons (Fsp3) is 0.400. The van der Waals surface area contributed by atoms with E-state index in [9.17, 15) is 9.90 Å². The highest BCUT2D eigenvalue weighted by Crippen LogP contribution is 2.29. The van der Waals surface area contributed by atoms with E-state index in [1.54, 1.807) is 18.5 Å². The van der Waals surface area contributed by atoms with Crippen molar-refractivity contribution in [2.75, 3.05) is 39.5 Å². The molecule has 2 aliphatic rings. The van der Waals surface area contributed by atoms with Crippen LogP contribution < -0.4 is 5.43 Å². The van der Waals surface area contributed by atoms with E-state index in [4.69, 9.17) is 19.3 Å². The molecule has 0 amide bonds. The summed E-state index contributed by atoms with van der Waals surface area (Å²) in [7, 11) is 0. The molecule has 0 aromatic carbocycles. The van der Waals surface area contributed by atoms with Crippen molar-refractivity contribution < 1.29 is 29.2 Å². The third-order valence-electron chi connectivity index (χ3n) is 4.79. The second kappa shape index (κ2) is 9.37. The first-order valence-electron chi connectivity index (χ1n) is 9.78. The molecule has 0 spiro atoms. The number of H-pyrrole nitrogens is 1. The van der Waals surface area contributed by atoms with Crippen LogP contribution in [0.5, 0.6) is 0 Å². The maximum Gasteiger partial charge on any atom is 0.234 e. The van der Waals surface area contributed by atoms with Crippen LogP contribution in [0.2, 0.25) is 0 Å². The number of ketones is 1. The zero-order valence-electron chi connectivity index (χ0n) is 16.3. The zero-order valence-corrected chi connectivity index (χ0v) is 16.3. The van der Waals surface area contributed by atoms with Gasteiger partial charge in [0.25, 0.3) is 0 Å². The van der Waals surface area contributed by atoms with E-state index < -0.39 is 12.1 Å². The molecule has 30 heavy (non-hydrogen) atoms. The molecule has 2 aromatic heterocycles. The molecule has 4 heterocycles. The van der Waals surface area contributed by atoms with E-state index in [2.05, 4.69) is 15.4 Å². The molecule has 1 saturated heterocycles. The summed E-state index contributed by atoms with van der Waals surface area (Å²) in [6, 6.07) is 3.70. The molecule has 1 unspecified atom stereocenters. The molecule has 0 radical (unpaired) electrons. The molecular formula is C20H24N4O6. The number of hydrazine groups is 1. The summed E-state index contributed by atoms with van der Waals surface area (Å²) in [4.78, 5) is 20.3. The second-order valence-electron chi connectivity index (χ2n) is 6.84. The van der Waals surface area contributed by atoms with Crippen LogP contribution in [0.25, 0.3) is 17.1 Å². The molecule has 0 saturated carbocycles. The highest BCUT2D eigenvalue weighted by Gasteiger charge is 2.37. The van der Waals surface area contributed by atoms with Gasteiger partial charge >= 0.3 is 0 Å². The lowest BCUT2D eigenvalue weighted by Crippen LogP contribution is -2.45. The summed E-state index contributed by atoms with van der Waals surface area (Å²) < 4.78 is 16.5. The quantitative estimate of drug-likeness (QED) is 0.272. The third-order valence-corrected chi connectivity index (χ3v) is 4.79. The summed E-state index contributed by atoms with van der Waals surface area (Å²) in [5.41, 5.74) is 4.48. The number of aliphatic hydroxyl groups is 2. The third kappa shape index (κ3) is 4.37. The van der Waals surface area contributed by atoms with Crippen molar-refractivity contribution in [3.8, 4) is 0 Å². The summed E-state index contributed by atoms with van der Waals surface area (Å²) >= 11 is 0. The molecule has 160 valence electrons. The van der Waals surface area contributed by atoms with E-state index in [-0.39, 0.29) is 30.4 Å². The average molecular weight is 416 g/mol. The lowest BCUT2D eigenvalue weighted by Gasteiger charge is -2.28. The minimum absolute atomic E-state index is 0.0105. The first-order chi connectivity index (χ1) is 14.7. The number of ether oxygens (including phenoxy) is 3. The van der Waals surface area contributed by atoms with E-state index in [1.807, 2.05) is 17.1 Å². The van der Waals surface area contributed by atoms with Gasteiger partial charge in [0.2, 0.25) is 11.7 Å². The first-order valence-corrected chi connectivity index (χ1v) is 9.78. The Bertz CT molecular complexity index is 963. The topological polar surface area (TPSA) is 129 Å². The predicted molar refractivity (Wildman–Crippen MR) is 106 cm³/mol. The lowest BCUT2D eigenvalue weighted by atomic mass is 10.1. The van der Waals surface area contributed by atoms with Gasteiger partial charge in [-0.15, -0.1) is 0 Å². The van der Waals surface area contributed by atoms with Gasteiger partial charge in [-0.3, -0.25) is 10.2 Å². The van der Waals surface area contributed by atoms with Gasteiger partial charge in [-0.1, -0.05) is 0 Å². The standard InChI is InChI=1S/C20H24N4O6/c25-7-2-8-29-20(27)16-17(26)15(30-19(16)23-24-5-9-28-10-6-24)11-13-12-22-18-14(13)3-1-4-21-18/h1,3-4,11-12,20,23,25,27H,2,5-10H2,(H,21,22)/b15-11-. The lowest BCUT2D eigenvalue weighted by molar-refractivity contribution is -0.119. The van der Waals surface area contributed by atoms with Gasteiger partial charge in [0.15, 0.2) is 12.0 Å². The number of pyridine rings is 1. The summed E-state index contributed by atoms with van der Waals surface area (Å²) in [6.45, 7) is 2.32. The van der Waals surface area contributed by atoms with Crippen LogP contribution >= 0.6 is 0 Å². The zero-order chi connectivity index (χ0) is 20.9. The summed E-state index contributed by atoms with van der Waals surface area (Å²) in [5, 5.41) is 22.1. The Kier molecular flexibility index (Phi) is 6.41. The van der Waals surface area contributed by atoms with Crippen molar-refractivity contribution >= 4 is 22.9 Å². The molecule has 10 nitrogen and oxygen atoms in total. The minimum atomic E-state index is -1.48. The largest absolute Gasteiger partial charge is 0.435 e. The van der Waals surface area contributed by atoms with E-state index in [0.717, 1.165) is 10.9 Å². The number of nitrogens with one attached hydrogen (secondary N) is 2. The Morgan fingerprint density at radius 3 is 3.03 bits per heavy atom. The number of fused-ring (bicyclic) bond motifs is 1.